The van der Waals surface area contributed by atoms with E-state index in [0.29, 0.717) is 29.6 Å². The fraction of sp³-hybridized carbons (Fsp3) is 0.689. The van der Waals surface area contributed by atoms with Crippen LogP contribution in [0, 0.1) is 62.1 Å². The lowest BCUT2D eigenvalue weighted by atomic mass is 9.33. The van der Waals surface area contributed by atoms with E-state index in [9.17, 15) is 29.5 Å². The van der Waals surface area contributed by atoms with Gasteiger partial charge < -0.3 is 9.84 Å². The van der Waals surface area contributed by atoms with Crippen molar-refractivity contribution in [3.63, 3.8) is 0 Å². The number of pyridine rings is 1. The molecule has 0 spiro atoms. The quantitative estimate of drug-likeness (QED) is 0.280. The summed E-state index contributed by atoms with van der Waals surface area (Å²) in [5, 5.41) is 19.0. The lowest BCUT2D eigenvalue weighted by molar-refractivity contribution is -0.232. The molecule has 5 aliphatic carbocycles. The molecule has 8 atom stereocenters. The molecule has 4 saturated carbocycles. The van der Waals surface area contributed by atoms with Gasteiger partial charge in [0.1, 0.15) is 12.2 Å². The highest BCUT2D eigenvalue weighted by Crippen LogP contribution is 2.76. The molecule has 0 unspecified atom stereocenters. The lowest BCUT2D eigenvalue weighted by Crippen LogP contribution is -2.66. The zero-order valence-corrected chi connectivity index (χ0v) is 34.5. The molecular formula is C45H60N4O6. The van der Waals surface area contributed by atoms with Crippen molar-refractivity contribution in [1.29, 1.82) is 5.26 Å². The standard InChI is InChI=1S/C45H60N4O6/c1-26(2)37-29(50)22-45(32-21-35(51)49(48(32)10)34-14-11-27(24-46)25-47-34)20-19-43(8)28(38(37)45)12-13-31-42(7)17-16-33(55-36(52)23-40(3,4)39(53)54)41(5,6)30(42)15-18-44(31,43)9/h11,14,21,25-26,28,30-31,33H,12-13,15-20,22-23H2,1-10H3,(H,53,54)/t28-,30+,31-,33+,42+,43-,44-,45+/m1/s1. The molecule has 7 rings (SSSR count). The molecule has 0 bridgehead atoms. The number of nitrogens with zero attached hydrogens (tertiary/aromatic N) is 4. The van der Waals surface area contributed by atoms with Crippen molar-refractivity contribution < 1.29 is 24.2 Å². The Balaban J connectivity index is 1.24. The highest BCUT2D eigenvalue weighted by atomic mass is 16.5. The van der Waals surface area contributed by atoms with Crippen molar-refractivity contribution in [3.05, 3.63) is 57.2 Å². The topological polar surface area (TPSA) is 144 Å². The van der Waals surface area contributed by atoms with Crippen LogP contribution in [0.3, 0.4) is 0 Å². The van der Waals surface area contributed by atoms with Gasteiger partial charge in [-0.25, -0.2) is 4.98 Å². The Morgan fingerprint density at radius 2 is 1.71 bits per heavy atom. The third-order valence-corrected chi connectivity index (χ3v) is 16.5. The average molecular weight is 753 g/mol. The molecule has 2 heterocycles. The Bertz CT molecular complexity index is 2080. The molecule has 0 aromatic carbocycles. The summed E-state index contributed by atoms with van der Waals surface area (Å²) in [6.45, 7) is 19.5. The minimum atomic E-state index is -1.18. The first-order valence-corrected chi connectivity index (χ1v) is 20.5. The fourth-order valence-electron chi connectivity index (χ4n) is 13.6. The second-order valence-corrected chi connectivity index (χ2v) is 20.2. The van der Waals surface area contributed by atoms with Gasteiger partial charge in [-0.1, -0.05) is 48.5 Å². The van der Waals surface area contributed by atoms with Gasteiger partial charge in [-0.2, -0.15) is 9.94 Å². The number of aliphatic carboxylic acids is 1. The highest BCUT2D eigenvalue weighted by molar-refractivity contribution is 6.01. The van der Waals surface area contributed by atoms with Gasteiger partial charge in [0.15, 0.2) is 11.6 Å². The van der Waals surface area contributed by atoms with Gasteiger partial charge in [0, 0.05) is 36.6 Å². The van der Waals surface area contributed by atoms with Crippen LogP contribution in [0.15, 0.2) is 40.3 Å². The number of ether oxygens (including phenoxy) is 1. The zero-order valence-electron chi connectivity index (χ0n) is 34.5. The molecule has 10 heteroatoms. The Labute approximate surface area is 325 Å². The van der Waals surface area contributed by atoms with Gasteiger partial charge in [0.25, 0.3) is 5.56 Å². The summed E-state index contributed by atoms with van der Waals surface area (Å²) in [6, 6.07) is 7.20. The molecule has 0 saturated heterocycles. The molecular weight excluding hydrogens is 693 g/mol. The largest absolute Gasteiger partial charge is 0.481 e. The number of allylic oxidation sites excluding steroid dienone is 2. The Hall–Kier alpha value is -4.00. The van der Waals surface area contributed by atoms with Crippen LogP contribution in [0.5, 0.6) is 0 Å². The minimum absolute atomic E-state index is 0.00335. The molecule has 4 fully saturated rings. The van der Waals surface area contributed by atoms with E-state index in [1.807, 2.05) is 11.7 Å². The van der Waals surface area contributed by atoms with Gasteiger partial charge in [-0.3, -0.25) is 23.9 Å². The number of esters is 1. The first-order valence-electron chi connectivity index (χ1n) is 20.5. The maximum atomic E-state index is 14.3. The maximum absolute atomic E-state index is 14.3. The van der Waals surface area contributed by atoms with Gasteiger partial charge in [0.05, 0.1) is 23.1 Å². The predicted octanol–water partition coefficient (Wildman–Crippen LogP) is 8.09. The minimum Gasteiger partial charge on any atom is -0.481 e. The molecule has 55 heavy (non-hydrogen) atoms. The SMILES string of the molecule is CC(C)C1=C2[C@H]3CC[C@@H]4[C@@]5(C)CC[C@H](OC(=O)CC(C)(C)C(=O)O)C(C)(C)[C@@H]5CC[C@@]4(C)[C@]3(C)CC[C@@]2(c2cc(=O)n(-c3ccc(C#N)cn3)n2C)CC1=O. The van der Waals surface area contributed by atoms with E-state index in [0.717, 1.165) is 62.6 Å². The zero-order chi connectivity index (χ0) is 40.3. The van der Waals surface area contributed by atoms with Gasteiger partial charge >= 0.3 is 11.9 Å². The number of rotatable bonds is 7. The third-order valence-electron chi connectivity index (χ3n) is 16.5. The molecule has 296 valence electrons. The van der Waals surface area contributed by atoms with Gasteiger partial charge in [-0.05, 0) is 128 Å². The molecule has 2 aromatic heterocycles. The number of fused-ring (bicyclic) bond motifs is 7. The number of aromatic nitrogens is 3. The van der Waals surface area contributed by atoms with Crippen molar-refractivity contribution in [3.8, 4) is 11.9 Å². The Kier molecular flexibility index (Phi) is 9.10. The Morgan fingerprint density at radius 1 is 1.00 bits per heavy atom. The normalized spacial score (nSPS) is 35.3. The maximum Gasteiger partial charge on any atom is 0.309 e. The van der Waals surface area contributed by atoms with Crippen LogP contribution < -0.4 is 5.56 Å². The molecule has 10 nitrogen and oxygen atoms in total. The number of hydrogen-bond donors (Lipinski definition) is 1. The predicted molar refractivity (Wildman–Crippen MR) is 208 cm³/mol. The number of hydrogen-bond acceptors (Lipinski definition) is 7. The van der Waals surface area contributed by atoms with Crippen LogP contribution in [0.2, 0.25) is 0 Å². The monoisotopic (exact) mass is 752 g/mol. The molecule has 0 radical (unpaired) electrons. The smallest absolute Gasteiger partial charge is 0.309 e. The van der Waals surface area contributed by atoms with Crippen LogP contribution in [0.25, 0.3) is 5.82 Å². The van der Waals surface area contributed by atoms with Crippen LogP contribution >= 0.6 is 0 Å². The molecule has 1 N–H and O–H groups in total. The number of Topliss-reactive ketones (excluding diaryl/α,β-unsaturated/α-hetero) is 1. The van der Waals surface area contributed by atoms with Crippen LogP contribution in [0.1, 0.15) is 138 Å². The summed E-state index contributed by atoms with van der Waals surface area (Å²) in [6.07, 6.45) is 8.97. The lowest BCUT2D eigenvalue weighted by Gasteiger charge is -2.72. The average Bonchev–Trinajstić information content (AvgIpc) is 3.58. The van der Waals surface area contributed by atoms with Crippen molar-refractivity contribution in [1.82, 2.24) is 14.3 Å². The number of carbonyl (C=O) groups excluding carboxylic acids is 2. The first-order chi connectivity index (χ1) is 25.6. The van der Waals surface area contributed by atoms with Crippen LogP contribution in [-0.2, 0) is 31.6 Å². The van der Waals surface area contributed by atoms with Gasteiger partial charge in [0.2, 0.25) is 0 Å². The Morgan fingerprint density at radius 3 is 2.33 bits per heavy atom. The van der Waals surface area contributed by atoms with Gasteiger partial charge in [-0.15, -0.1) is 0 Å². The van der Waals surface area contributed by atoms with E-state index in [4.69, 9.17) is 4.74 Å². The van der Waals surface area contributed by atoms with Crippen molar-refractivity contribution >= 4 is 17.7 Å². The molecule has 5 aliphatic rings. The number of carboxylic acid groups (broad SMARTS) is 1. The third kappa shape index (κ3) is 5.48. The number of carboxylic acids is 1. The van der Waals surface area contributed by atoms with E-state index in [2.05, 4.69) is 59.5 Å². The summed E-state index contributed by atoms with van der Waals surface area (Å²) in [5.74, 6) is 0.251. The number of nitriles is 1. The van der Waals surface area contributed by atoms with Crippen LogP contribution in [-0.4, -0.2) is 43.3 Å². The summed E-state index contributed by atoms with van der Waals surface area (Å²) in [5.41, 5.74) is 1.26. The van der Waals surface area contributed by atoms with E-state index in [1.54, 1.807) is 36.7 Å². The fourth-order valence-corrected chi connectivity index (χ4v) is 13.6. The summed E-state index contributed by atoms with van der Waals surface area (Å²) < 4.78 is 9.65. The second-order valence-electron chi connectivity index (χ2n) is 20.2. The highest BCUT2D eigenvalue weighted by Gasteiger charge is 2.70. The second kappa shape index (κ2) is 12.8. The van der Waals surface area contributed by atoms with E-state index < -0.39 is 22.8 Å². The van der Waals surface area contributed by atoms with Crippen LogP contribution in [0.4, 0.5) is 0 Å². The van der Waals surface area contributed by atoms with Crippen molar-refractivity contribution in [2.24, 2.45) is 57.8 Å². The molecule has 2 aromatic rings. The molecule has 0 aliphatic heterocycles. The first kappa shape index (κ1) is 39.2. The summed E-state index contributed by atoms with van der Waals surface area (Å²) in [7, 11) is 1.90. The molecule has 0 amide bonds. The number of carbonyl (C=O) groups is 3. The van der Waals surface area contributed by atoms with E-state index in [-0.39, 0.29) is 57.4 Å². The van der Waals surface area contributed by atoms with E-state index in [1.165, 1.54) is 11.8 Å². The summed E-state index contributed by atoms with van der Waals surface area (Å²) >= 11 is 0. The van der Waals surface area contributed by atoms with Crippen molar-refractivity contribution in [2.75, 3.05) is 0 Å². The van der Waals surface area contributed by atoms with E-state index >= 15 is 0 Å². The number of ketones is 1. The summed E-state index contributed by atoms with van der Waals surface area (Å²) in [4.78, 5) is 57.5. The van der Waals surface area contributed by atoms with Crippen molar-refractivity contribution in [2.45, 2.75) is 138 Å².